The first kappa shape index (κ1) is 18.5. The molecule has 0 radical (unpaired) electrons. The molecule has 1 aromatic rings. The minimum Gasteiger partial charge on any atom is -0.459 e. The van der Waals surface area contributed by atoms with Crippen LogP contribution >= 0.6 is 0 Å². The van der Waals surface area contributed by atoms with Gasteiger partial charge in [0.05, 0.1) is 6.04 Å². The summed E-state index contributed by atoms with van der Waals surface area (Å²) in [5, 5.41) is 3.23. The van der Waals surface area contributed by atoms with Gasteiger partial charge in [-0.05, 0) is 31.4 Å². The van der Waals surface area contributed by atoms with E-state index in [2.05, 4.69) is 12.2 Å². The summed E-state index contributed by atoms with van der Waals surface area (Å²) < 4.78 is 5.44. The minimum absolute atomic E-state index is 0.0258. The van der Waals surface area contributed by atoms with Gasteiger partial charge < -0.3 is 15.0 Å². The maximum Gasteiger partial charge on any atom is 0.329 e. The van der Waals surface area contributed by atoms with Crippen molar-refractivity contribution in [2.75, 3.05) is 13.1 Å². The fourth-order valence-electron chi connectivity index (χ4n) is 3.15. The molecule has 24 heavy (non-hydrogen) atoms. The number of nitrogens with one attached hydrogen (secondary N) is 1. The summed E-state index contributed by atoms with van der Waals surface area (Å²) >= 11 is 0. The second-order valence-electron chi connectivity index (χ2n) is 6.18. The Labute approximate surface area is 144 Å². The number of hydrogen-bond acceptors (Lipinski definition) is 4. The van der Waals surface area contributed by atoms with E-state index in [1.54, 1.807) is 4.90 Å². The Morgan fingerprint density at radius 1 is 1.29 bits per heavy atom. The first-order chi connectivity index (χ1) is 11.7. The molecule has 0 aliphatic carbocycles. The van der Waals surface area contributed by atoms with Gasteiger partial charge in [-0.25, -0.2) is 4.79 Å². The first-order valence-corrected chi connectivity index (χ1v) is 8.91. The second-order valence-corrected chi connectivity index (χ2v) is 6.18. The highest BCUT2D eigenvalue weighted by atomic mass is 16.5. The summed E-state index contributed by atoms with van der Waals surface area (Å²) in [6.07, 6.45) is 3.25. The van der Waals surface area contributed by atoms with E-state index in [0.717, 1.165) is 31.4 Å². The molecule has 1 aliphatic heterocycles. The van der Waals surface area contributed by atoms with Gasteiger partial charge in [0.2, 0.25) is 5.91 Å². The molecule has 0 bridgehead atoms. The third kappa shape index (κ3) is 4.81. The predicted molar refractivity (Wildman–Crippen MR) is 93.3 cm³/mol. The zero-order valence-corrected chi connectivity index (χ0v) is 14.7. The van der Waals surface area contributed by atoms with Gasteiger partial charge in [-0.15, -0.1) is 0 Å². The summed E-state index contributed by atoms with van der Waals surface area (Å²) in [6, 6.07) is 8.96. The molecule has 0 spiro atoms. The number of likely N-dealkylation sites (tertiary alicyclic amines) is 1. The average Bonchev–Trinajstić information content (AvgIpc) is 3.09. The lowest BCUT2D eigenvalue weighted by Crippen LogP contribution is -2.50. The molecule has 0 aromatic heterocycles. The van der Waals surface area contributed by atoms with Crippen LogP contribution in [0.4, 0.5) is 0 Å². The van der Waals surface area contributed by atoms with E-state index in [4.69, 9.17) is 4.74 Å². The number of amides is 1. The van der Waals surface area contributed by atoms with Crippen molar-refractivity contribution in [2.45, 2.75) is 58.2 Å². The number of likely N-dealkylation sites (N-methyl/N-ethyl adjacent to an activating group) is 1. The third-order valence-electron chi connectivity index (χ3n) is 4.36. The molecule has 2 unspecified atom stereocenters. The van der Waals surface area contributed by atoms with Crippen molar-refractivity contribution in [3.63, 3.8) is 0 Å². The molecule has 1 heterocycles. The predicted octanol–water partition coefficient (Wildman–Crippen LogP) is 2.50. The molecular weight excluding hydrogens is 304 g/mol. The minimum atomic E-state index is -0.445. The standard InChI is InChI=1S/C19H28N2O3/c1-3-9-16(20-4-2)18(22)21-13-8-12-17(21)19(23)24-14-15-10-6-5-7-11-15/h5-7,10-11,16-17,20H,3-4,8-9,12-14H2,1-2H3. The number of benzene rings is 1. The zero-order valence-electron chi connectivity index (χ0n) is 14.7. The molecule has 1 saturated heterocycles. The molecule has 132 valence electrons. The van der Waals surface area contributed by atoms with Gasteiger partial charge in [0.1, 0.15) is 12.6 Å². The van der Waals surface area contributed by atoms with Crippen molar-refractivity contribution in [3.05, 3.63) is 35.9 Å². The molecule has 1 fully saturated rings. The number of hydrogen-bond donors (Lipinski definition) is 1. The van der Waals surface area contributed by atoms with E-state index in [1.807, 2.05) is 37.3 Å². The van der Waals surface area contributed by atoms with Crippen LogP contribution < -0.4 is 5.32 Å². The van der Waals surface area contributed by atoms with Gasteiger partial charge in [0.15, 0.2) is 0 Å². The molecule has 2 rings (SSSR count). The van der Waals surface area contributed by atoms with Crippen LogP contribution in [-0.4, -0.2) is 41.9 Å². The molecule has 1 amide bonds. The van der Waals surface area contributed by atoms with Crippen LogP contribution in [-0.2, 0) is 20.9 Å². The topological polar surface area (TPSA) is 58.6 Å². The maximum absolute atomic E-state index is 12.8. The Morgan fingerprint density at radius 3 is 2.71 bits per heavy atom. The van der Waals surface area contributed by atoms with Gasteiger partial charge in [0, 0.05) is 6.54 Å². The van der Waals surface area contributed by atoms with E-state index >= 15 is 0 Å². The normalized spacial score (nSPS) is 18.4. The number of carbonyl (C=O) groups is 2. The Balaban J connectivity index is 1.95. The Hall–Kier alpha value is -1.88. The Morgan fingerprint density at radius 2 is 2.04 bits per heavy atom. The average molecular weight is 332 g/mol. The van der Waals surface area contributed by atoms with Crippen LogP contribution in [0.3, 0.4) is 0 Å². The van der Waals surface area contributed by atoms with Gasteiger partial charge in [-0.3, -0.25) is 4.79 Å². The Bertz CT molecular complexity index is 527. The largest absolute Gasteiger partial charge is 0.459 e. The number of carbonyl (C=O) groups excluding carboxylic acids is 2. The van der Waals surface area contributed by atoms with Gasteiger partial charge >= 0.3 is 5.97 Å². The molecule has 2 atom stereocenters. The first-order valence-electron chi connectivity index (χ1n) is 8.91. The van der Waals surface area contributed by atoms with E-state index in [9.17, 15) is 9.59 Å². The highest BCUT2D eigenvalue weighted by Crippen LogP contribution is 2.21. The van der Waals surface area contributed by atoms with Crippen LogP contribution in [0.15, 0.2) is 30.3 Å². The monoisotopic (exact) mass is 332 g/mol. The lowest BCUT2D eigenvalue weighted by molar-refractivity contribution is -0.155. The van der Waals surface area contributed by atoms with Crippen molar-refractivity contribution < 1.29 is 14.3 Å². The zero-order chi connectivity index (χ0) is 17.4. The molecule has 0 saturated carbocycles. The van der Waals surface area contributed by atoms with Crippen molar-refractivity contribution in [1.82, 2.24) is 10.2 Å². The highest BCUT2D eigenvalue weighted by molar-refractivity contribution is 5.88. The van der Waals surface area contributed by atoms with Crippen LogP contribution in [0.1, 0.15) is 45.1 Å². The van der Waals surface area contributed by atoms with Crippen molar-refractivity contribution in [1.29, 1.82) is 0 Å². The SMILES string of the molecule is CCCC(NCC)C(=O)N1CCCC1C(=O)OCc1ccccc1. The number of rotatable bonds is 8. The summed E-state index contributed by atoms with van der Waals surface area (Å²) in [5.41, 5.74) is 0.957. The Kier molecular flexibility index (Phi) is 7.25. The fraction of sp³-hybridized carbons (Fsp3) is 0.579. The quantitative estimate of drug-likeness (QED) is 0.743. The third-order valence-corrected chi connectivity index (χ3v) is 4.36. The number of ether oxygens (including phenoxy) is 1. The van der Waals surface area contributed by atoms with Crippen molar-refractivity contribution >= 4 is 11.9 Å². The number of nitrogens with zero attached hydrogens (tertiary/aromatic N) is 1. The smallest absolute Gasteiger partial charge is 0.329 e. The van der Waals surface area contributed by atoms with Crippen LogP contribution in [0.25, 0.3) is 0 Å². The lowest BCUT2D eigenvalue weighted by Gasteiger charge is -2.28. The molecule has 5 heteroatoms. The van der Waals surface area contributed by atoms with Crippen molar-refractivity contribution in [2.24, 2.45) is 0 Å². The maximum atomic E-state index is 12.8. The van der Waals surface area contributed by atoms with Gasteiger partial charge in [-0.1, -0.05) is 50.6 Å². The van der Waals surface area contributed by atoms with Crippen LogP contribution in [0, 0.1) is 0 Å². The van der Waals surface area contributed by atoms with Gasteiger partial charge in [0.25, 0.3) is 0 Å². The summed E-state index contributed by atoms with van der Waals surface area (Å²) in [6.45, 7) is 5.69. The molecule has 1 N–H and O–H groups in total. The molecule has 5 nitrogen and oxygen atoms in total. The summed E-state index contributed by atoms with van der Waals surface area (Å²) in [7, 11) is 0. The molecule has 1 aromatic carbocycles. The summed E-state index contributed by atoms with van der Waals surface area (Å²) in [4.78, 5) is 26.9. The molecular formula is C19H28N2O3. The van der Waals surface area contributed by atoms with Crippen LogP contribution in [0.2, 0.25) is 0 Å². The van der Waals surface area contributed by atoms with E-state index < -0.39 is 6.04 Å². The van der Waals surface area contributed by atoms with Crippen molar-refractivity contribution in [3.8, 4) is 0 Å². The fourth-order valence-corrected chi connectivity index (χ4v) is 3.15. The van der Waals surface area contributed by atoms with Crippen LogP contribution in [0.5, 0.6) is 0 Å². The van der Waals surface area contributed by atoms with Gasteiger partial charge in [-0.2, -0.15) is 0 Å². The van der Waals surface area contributed by atoms with E-state index in [-0.39, 0.29) is 24.5 Å². The second kappa shape index (κ2) is 9.42. The van der Waals surface area contributed by atoms with E-state index in [1.165, 1.54) is 0 Å². The lowest BCUT2D eigenvalue weighted by atomic mass is 10.1. The highest BCUT2D eigenvalue weighted by Gasteiger charge is 2.37. The number of esters is 1. The van der Waals surface area contributed by atoms with E-state index in [0.29, 0.717) is 13.0 Å². The molecule has 1 aliphatic rings. The summed E-state index contributed by atoms with van der Waals surface area (Å²) in [5.74, 6) is -0.269.